The van der Waals surface area contributed by atoms with E-state index in [1.807, 2.05) is 0 Å². The van der Waals surface area contributed by atoms with E-state index in [1.54, 1.807) is 0 Å². The summed E-state index contributed by atoms with van der Waals surface area (Å²) in [5.74, 6) is 3.58. The first-order valence-electron chi connectivity index (χ1n) is 6.00. The van der Waals surface area contributed by atoms with Gasteiger partial charge in [0, 0.05) is 13.0 Å². The molecule has 3 heteroatoms. The molecule has 0 unspecified atom stereocenters. The molecule has 1 aliphatic carbocycles. The van der Waals surface area contributed by atoms with Gasteiger partial charge in [-0.2, -0.15) is 17.0 Å². The zero-order valence-electron chi connectivity index (χ0n) is 9.30. The molecule has 84 valence electrons. The third-order valence-corrected chi connectivity index (χ3v) is 4.73. The zero-order valence-corrected chi connectivity index (χ0v) is 10.1. The fraction of sp³-hybridized carbons (Fsp3) is 0.917. The molecule has 0 bridgehead atoms. The van der Waals surface area contributed by atoms with E-state index in [-0.39, 0.29) is 0 Å². The molecule has 0 aromatic rings. The highest BCUT2D eigenvalue weighted by molar-refractivity contribution is 7.99. The molecule has 0 radical (unpaired) electrons. The monoisotopic (exact) mass is 224 g/mol. The van der Waals surface area contributed by atoms with Crippen LogP contribution in [-0.2, 0) is 0 Å². The van der Waals surface area contributed by atoms with Crippen LogP contribution in [0.15, 0.2) is 0 Å². The minimum Gasteiger partial charge on any atom is -0.316 e. The summed E-state index contributed by atoms with van der Waals surface area (Å²) < 4.78 is 0. The van der Waals surface area contributed by atoms with Crippen LogP contribution in [0, 0.1) is 22.7 Å². The first-order valence-corrected chi connectivity index (χ1v) is 7.16. The number of hydrogen-bond donors (Lipinski definition) is 1. The van der Waals surface area contributed by atoms with Gasteiger partial charge in [-0.3, -0.25) is 0 Å². The van der Waals surface area contributed by atoms with Gasteiger partial charge in [-0.25, -0.2) is 0 Å². The van der Waals surface area contributed by atoms with Crippen molar-refractivity contribution in [1.82, 2.24) is 5.32 Å². The first-order chi connectivity index (χ1) is 7.35. The molecule has 2 fully saturated rings. The Bertz CT molecular complexity index is 236. The van der Waals surface area contributed by atoms with Gasteiger partial charge in [0.1, 0.15) is 0 Å². The van der Waals surface area contributed by atoms with Crippen molar-refractivity contribution < 1.29 is 0 Å². The summed E-state index contributed by atoms with van der Waals surface area (Å²) >= 11 is 2.09. The summed E-state index contributed by atoms with van der Waals surface area (Å²) in [7, 11) is 0. The molecular weight excluding hydrogens is 204 g/mol. The largest absolute Gasteiger partial charge is 0.316 e. The Balaban J connectivity index is 1.60. The van der Waals surface area contributed by atoms with Crippen LogP contribution in [-0.4, -0.2) is 24.6 Å². The number of hydrogen-bond acceptors (Lipinski definition) is 3. The van der Waals surface area contributed by atoms with Crippen LogP contribution < -0.4 is 5.32 Å². The van der Waals surface area contributed by atoms with Crippen LogP contribution >= 0.6 is 11.8 Å². The molecule has 0 amide bonds. The first kappa shape index (κ1) is 11.3. The minimum atomic E-state index is 0.373. The summed E-state index contributed by atoms with van der Waals surface area (Å²) in [6, 6.07) is 2.32. The van der Waals surface area contributed by atoms with Crippen LogP contribution in [0.25, 0.3) is 0 Å². The zero-order chi connectivity index (χ0) is 10.6. The quantitative estimate of drug-likeness (QED) is 0.779. The molecular formula is C12H20N2S. The maximum atomic E-state index is 8.71. The van der Waals surface area contributed by atoms with Gasteiger partial charge in [0.2, 0.25) is 0 Å². The van der Waals surface area contributed by atoms with Crippen molar-refractivity contribution in [3.63, 3.8) is 0 Å². The third kappa shape index (κ3) is 3.39. The molecule has 0 atom stereocenters. The number of nitrogens with one attached hydrogen (secondary N) is 1. The molecule has 15 heavy (non-hydrogen) atoms. The van der Waals surface area contributed by atoms with Gasteiger partial charge in [0.05, 0.1) is 6.07 Å². The summed E-state index contributed by atoms with van der Waals surface area (Å²) in [5, 5.41) is 12.3. The van der Waals surface area contributed by atoms with E-state index in [4.69, 9.17) is 5.26 Å². The standard InChI is InChI=1S/C12H20N2S/c13-6-5-12(3-4-12)10-14-9-11-1-7-15-8-2-11/h11,14H,1-5,7-10H2. The summed E-state index contributed by atoms with van der Waals surface area (Å²) in [5.41, 5.74) is 0.373. The van der Waals surface area contributed by atoms with Gasteiger partial charge in [0.25, 0.3) is 0 Å². The lowest BCUT2D eigenvalue weighted by atomic mass is 10.0. The molecule has 0 spiro atoms. The molecule has 0 aromatic heterocycles. The van der Waals surface area contributed by atoms with Gasteiger partial charge in [0.15, 0.2) is 0 Å². The Kier molecular flexibility index (Phi) is 3.93. The average molecular weight is 224 g/mol. The molecule has 1 N–H and O–H groups in total. The lowest BCUT2D eigenvalue weighted by molar-refractivity contribution is 0.401. The highest BCUT2D eigenvalue weighted by Crippen LogP contribution is 2.47. The Morgan fingerprint density at radius 1 is 1.33 bits per heavy atom. The van der Waals surface area contributed by atoms with E-state index >= 15 is 0 Å². The van der Waals surface area contributed by atoms with Gasteiger partial charge < -0.3 is 5.32 Å². The highest BCUT2D eigenvalue weighted by Gasteiger charge is 2.41. The van der Waals surface area contributed by atoms with Gasteiger partial charge in [-0.05, 0) is 55.1 Å². The Morgan fingerprint density at radius 2 is 2.07 bits per heavy atom. The SMILES string of the molecule is N#CCC1(CNCC2CCSCC2)CC1. The van der Waals surface area contributed by atoms with E-state index in [0.717, 1.165) is 18.9 Å². The van der Waals surface area contributed by atoms with Crippen molar-refractivity contribution in [2.75, 3.05) is 24.6 Å². The van der Waals surface area contributed by atoms with Crippen molar-refractivity contribution in [3.8, 4) is 6.07 Å². The van der Waals surface area contributed by atoms with E-state index in [0.29, 0.717) is 5.41 Å². The van der Waals surface area contributed by atoms with Gasteiger partial charge in [-0.1, -0.05) is 0 Å². The van der Waals surface area contributed by atoms with Crippen LogP contribution in [0.1, 0.15) is 32.1 Å². The molecule has 1 saturated carbocycles. The van der Waals surface area contributed by atoms with E-state index in [1.165, 1.54) is 43.7 Å². The van der Waals surface area contributed by atoms with Crippen LogP contribution in [0.5, 0.6) is 0 Å². The van der Waals surface area contributed by atoms with Crippen molar-refractivity contribution in [2.45, 2.75) is 32.1 Å². The van der Waals surface area contributed by atoms with E-state index < -0.39 is 0 Å². The highest BCUT2D eigenvalue weighted by atomic mass is 32.2. The number of rotatable bonds is 5. The molecule has 1 saturated heterocycles. The maximum absolute atomic E-state index is 8.71. The topological polar surface area (TPSA) is 35.8 Å². The Morgan fingerprint density at radius 3 is 2.67 bits per heavy atom. The number of nitriles is 1. The fourth-order valence-corrected chi connectivity index (χ4v) is 3.46. The normalized spacial score (nSPS) is 24.7. The molecule has 0 aromatic carbocycles. The predicted molar refractivity (Wildman–Crippen MR) is 64.8 cm³/mol. The van der Waals surface area contributed by atoms with Crippen molar-refractivity contribution in [3.05, 3.63) is 0 Å². The Hall–Kier alpha value is -0.200. The molecule has 1 aliphatic heterocycles. The maximum Gasteiger partial charge on any atom is 0.0628 e. The van der Waals surface area contributed by atoms with Gasteiger partial charge >= 0.3 is 0 Å². The van der Waals surface area contributed by atoms with Crippen molar-refractivity contribution in [2.24, 2.45) is 11.3 Å². The molecule has 2 aliphatic rings. The minimum absolute atomic E-state index is 0.373. The second kappa shape index (κ2) is 5.23. The Labute approximate surface area is 96.8 Å². The average Bonchev–Trinajstić information content (AvgIpc) is 3.00. The summed E-state index contributed by atoms with van der Waals surface area (Å²) in [6.45, 7) is 2.25. The van der Waals surface area contributed by atoms with E-state index in [9.17, 15) is 0 Å². The van der Waals surface area contributed by atoms with Crippen molar-refractivity contribution in [1.29, 1.82) is 5.26 Å². The van der Waals surface area contributed by atoms with Crippen LogP contribution in [0.2, 0.25) is 0 Å². The predicted octanol–water partition coefficient (Wildman–Crippen LogP) is 2.41. The van der Waals surface area contributed by atoms with Crippen LogP contribution in [0.3, 0.4) is 0 Å². The second-order valence-corrected chi connectivity index (χ2v) is 6.25. The van der Waals surface area contributed by atoms with E-state index in [2.05, 4.69) is 23.1 Å². The lowest BCUT2D eigenvalue weighted by Crippen LogP contribution is -2.30. The van der Waals surface area contributed by atoms with Crippen molar-refractivity contribution >= 4 is 11.8 Å². The second-order valence-electron chi connectivity index (χ2n) is 5.02. The summed E-state index contributed by atoms with van der Waals surface area (Å²) in [4.78, 5) is 0. The molecule has 2 rings (SSSR count). The smallest absolute Gasteiger partial charge is 0.0628 e. The lowest BCUT2D eigenvalue weighted by Gasteiger charge is -2.22. The van der Waals surface area contributed by atoms with Gasteiger partial charge in [-0.15, -0.1) is 0 Å². The van der Waals surface area contributed by atoms with Crippen LogP contribution in [0.4, 0.5) is 0 Å². The number of thioether (sulfide) groups is 1. The number of nitrogens with zero attached hydrogens (tertiary/aromatic N) is 1. The third-order valence-electron chi connectivity index (χ3n) is 3.69. The fourth-order valence-electron chi connectivity index (χ4n) is 2.25. The summed E-state index contributed by atoms with van der Waals surface area (Å²) in [6.07, 6.45) is 6.02. The molecule has 1 heterocycles. The molecule has 2 nitrogen and oxygen atoms in total.